The van der Waals surface area contributed by atoms with Gasteiger partial charge in [-0.3, -0.25) is 15.1 Å². The number of esters is 1. The van der Waals surface area contributed by atoms with Gasteiger partial charge in [0.15, 0.2) is 11.2 Å². The molecular weight excluding hydrogens is 531 g/mol. The van der Waals surface area contributed by atoms with Crippen LogP contribution in [0.3, 0.4) is 0 Å². The summed E-state index contributed by atoms with van der Waals surface area (Å²) in [6.07, 6.45) is 0.0850. The first kappa shape index (κ1) is 25.6. The summed E-state index contributed by atoms with van der Waals surface area (Å²) in [4.78, 5) is 38.0. The van der Waals surface area contributed by atoms with Crippen LogP contribution in [-0.4, -0.2) is 46.4 Å². The van der Waals surface area contributed by atoms with Crippen LogP contribution in [0.4, 0.5) is 5.13 Å². The van der Waals surface area contributed by atoms with Crippen molar-refractivity contribution in [3.63, 3.8) is 0 Å². The van der Waals surface area contributed by atoms with Crippen LogP contribution in [0.1, 0.15) is 35.0 Å². The first-order valence-electron chi connectivity index (χ1n) is 11.9. The SMILES string of the molecule is CCC(OC(=O)c1c2c(nc3ccccc13)CCN(C)C2)C(=O)Nc1nc(-c2ccc(Cl)c(Cl)c2)cs1. The number of benzene rings is 2. The number of thiazole rings is 1. The molecule has 0 fully saturated rings. The van der Waals surface area contributed by atoms with Crippen molar-refractivity contribution in [1.82, 2.24) is 14.9 Å². The van der Waals surface area contributed by atoms with Crippen molar-refractivity contribution in [2.24, 2.45) is 0 Å². The van der Waals surface area contributed by atoms with Gasteiger partial charge in [0.2, 0.25) is 0 Å². The molecule has 1 aliphatic heterocycles. The number of pyridine rings is 1. The number of carbonyl (C=O) groups excluding carboxylic acids is 2. The molecule has 7 nitrogen and oxygen atoms in total. The lowest BCUT2D eigenvalue weighted by atomic mass is 9.96. The number of amides is 1. The largest absolute Gasteiger partial charge is 0.449 e. The minimum atomic E-state index is -0.978. The number of likely N-dealkylation sites (N-methyl/N-ethyl adjacent to an activating group) is 1. The van der Waals surface area contributed by atoms with E-state index in [2.05, 4.69) is 15.2 Å². The number of carbonyl (C=O) groups is 2. The minimum Gasteiger partial charge on any atom is -0.449 e. The van der Waals surface area contributed by atoms with Crippen molar-refractivity contribution in [3.05, 3.63) is 74.7 Å². The Kier molecular flexibility index (Phi) is 7.44. The molecule has 0 spiro atoms. The van der Waals surface area contributed by atoms with Crippen LogP contribution in [0.25, 0.3) is 22.2 Å². The van der Waals surface area contributed by atoms with Gasteiger partial charge in [-0.05, 0) is 31.7 Å². The van der Waals surface area contributed by atoms with Crippen LogP contribution in [0.15, 0.2) is 47.8 Å². The summed E-state index contributed by atoms with van der Waals surface area (Å²) in [7, 11) is 2.01. The van der Waals surface area contributed by atoms with E-state index in [1.807, 2.05) is 42.8 Å². The van der Waals surface area contributed by atoms with Gasteiger partial charge in [0.1, 0.15) is 0 Å². The molecule has 5 rings (SSSR count). The Hall–Kier alpha value is -3.04. The normalized spacial score (nSPS) is 14.3. The van der Waals surface area contributed by atoms with Gasteiger partial charge < -0.3 is 9.64 Å². The summed E-state index contributed by atoms with van der Waals surface area (Å²) < 4.78 is 5.80. The molecule has 10 heteroatoms. The summed E-state index contributed by atoms with van der Waals surface area (Å²) >= 11 is 13.4. The molecule has 0 saturated carbocycles. The van der Waals surface area contributed by atoms with Gasteiger partial charge in [-0.15, -0.1) is 11.3 Å². The average Bonchev–Trinajstić information content (AvgIpc) is 3.35. The van der Waals surface area contributed by atoms with E-state index < -0.39 is 18.0 Å². The van der Waals surface area contributed by atoms with Gasteiger partial charge in [0.25, 0.3) is 5.91 Å². The van der Waals surface area contributed by atoms with E-state index >= 15 is 0 Å². The van der Waals surface area contributed by atoms with E-state index in [0.717, 1.165) is 40.7 Å². The highest BCUT2D eigenvalue weighted by Crippen LogP contribution is 2.31. The summed E-state index contributed by atoms with van der Waals surface area (Å²) in [5.74, 6) is -0.960. The standard InChI is InChI=1S/C27H24Cl2N4O3S/c1-3-23(25(34)32-27-31-22(14-37-27)15-8-9-18(28)19(29)12-15)36-26(35)24-16-6-4-5-7-20(16)30-21-10-11-33(2)13-17(21)24/h4-9,12,14,23H,3,10-11,13H2,1-2H3,(H,31,32,34). The van der Waals surface area contributed by atoms with Crippen LogP contribution in [0, 0.1) is 0 Å². The second-order valence-corrected chi connectivity index (χ2v) is 10.5. The lowest BCUT2D eigenvalue weighted by Crippen LogP contribution is -2.34. The van der Waals surface area contributed by atoms with Crippen LogP contribution in [-0.2, 0) is 22.5 Å². The van der Waals surface area contributed by atoms with Crippen molar-refractivity contribution in [3.8, 4) is 11.3 Å². The Labute approximate surface area is 228 Å². The van der Waals surface area contributed by atoms with E-state index in [0.29, 0.717) is 39.4 Å². The number of hydrogen-bond donors (Lipinski definition) is 1. The van der Waals surface area contributed by atoms with Gasteiger partial charge in [-0.25, -0.2) is 9.78 Å². The predicted molar refractivity (Wildman–Crippen MR) is 147 cm³/mol. The lowest BCUT2D eigenvalue weighted by molar-refractivity contribution is -0.124. The van der Waals surface area contributed by atoms with Crippen LogP contribution in [0.2, 0.25) is 10.0 Å². The molecule has 0 bridgehead atoms. The third-order valence-corrected chi connectivity index (χ3v) is 7.80. The van der Waals surface area contributed by atoms with Crippen LogP contribution < -0.4 is 5.32 Å². The number of anilines is 1. The predicted octanol–water partition coefficient (Wildman–Crippen LogP) is 6.23. The lowest BCUT2D eigenvalue weighted by Gasteiger charge is -2.27. The zero-order valence-corrected chi connectivity index (χ0v) is 22.6. The molecule has 37 heavy (non-hydrogen) atoms. The summed E-state index contributed by atoms with van der Waals surface area (Å²) in [5.41, 5.74) is 4.42. The first-order valence-corrected chi connectivity index (χ1v) is 13.5. The van der Waals surface area contributed by atoms with Gasteiger partial charge in [0, 0.05) is 47.1 Å². The number of nitrogens with one attached hydrogen (secondary N) is 1. The molecule has 0 radical (unpaired) electrons. The van der Waals surface area contributed by atoms with E-state index in [4.69, 9.17) is 32.9 Å². The second kappa shape index (κ2) is 10.8. The first-order chi connectivity index (χ1) is 17.8. The summed E-state index contributed by atoms with van der Waals surface area (Å²) in [6.45, 7) is 3.26. The highest BCUT2D eigenvalue weighted by molar-refractivity contribution is 7.14. The molecule has 190 valence electrons. The molecular formula is C27H24Cl2N4O3S. The molecule has 3 heterocycles. The number of ether oxygens (including phenoxy) is 1. The number of rotatable bonds is 6. The van der Waals surface area contributed by atoms with Gasteiger partial charge in [0.05, 0.1) is 26.8 Å². The fourth-order valence-electron chi connectivity index (χ4n) is 4.37. The van der Waals surface area contributed by atoms with E-state index in [-0.39, 0.29) is 0 Å². The smallest absolute Gasteiger partial charge is 0.340 e. The maximum Gasteiger partial charge on any atom is 0.340 e. The Morgan fingerprint density at radius 2 is 1.97 bits per heavy atom. The van der Waals surface area contributed by atoms with Crippen molar-refractivity contribution < 1.29 is 14.3 Å². The highest BCUT2D eigenvalue weighted by Gasteiger charge is 2.29. The Balaban J connectivity index is 1.36. The number of aromatic nitrogens is 2. The van der Waals surface area contributed by atoms with Crippen LogP contribution in [0.5, 0.6) is 0 Å². The number of hydrogen-bond acceptors (Lipinski definition) is 7. The number of halogens is 2. The number of para-hydroxylation sites is 1. The molecule has 0 aliphatic carbocycles. The van der Waals surface area contributed by atoms with E-state index in [1.54, 1.807) is 19.1 Å². The molecule has 0 saturated heterocycles. The molecule has 2 aromatic carbocycles. The van der Waals surface area contributed by atoms with E-state index in [1.165, 1.54) is 11.3 Å². The maximum atomic E-state index is 13.5. The molecule has 1 N–H and O–H groups in total. The molecule has 1 amide bonds. The zero-order valence-electron chi connectivity index (χ0n) is 20.3. The maximum absolute atomic E-state index is 13.5. The average molecular weight is 555 g/mol. The van der Waals surface area contributed by atoms with Crippen molar-refractivity contribution in [1.29, 1.82) is 0 Å². The highest BCUT2D eigenvalue weighted by atomic mass is 35.5. The fraction of sp³-hybridized carbons (Fsp3) is 0.259. The molecule has 2 aromatic heterocycles. The van der Waals surface area contributed by atoms with Crippen molar-refractivity contribution in [2.75, 3.05) is 18.9 Å². The van der Waals surface area contributed by atoms with Crippen molar-refractivity contribution >= 4 is 62.4 Å². The van der Waals surface area contributed by atoms with Gasteiger partial charge in [-0.1, -0.05) is 54.4 Å². The summed E-state index contributed by atoms with van der Waals surface area (Å²) in [6, 6.07) is 12.8. The Bertz CT molecular complexity index is 1510. The molecule has 1 unspecified atom stereocenters. The number of fused-ring (bicyclic) bond motifs is 2. The molecule has 4 aromatic rings. The van der Waals surface area contributed by atoms with Gasteiger partial charge >= 0.3 is 5.97 Å². The van der Waals surface area contributed by atoms with E-state index in [9.17, 15) is 9.59 Å². The second-order valence-electron chi connectivity index (χ2n) is 8.88. The molecule has 1 aliphatic rings. The minimum absolute atomic E-state index is 0.313. The Morgan fingerprint density at radius 1 is 1.16 bits per heavy atom. The molecule has 1 atom stereocenters. The third kappa shape index (κ3) is 5.33. The number of nitrogens with zero attached hydrogens (tertiary/aromatic N) is 3. The summed E-state index contributed by atoms with van der Waals surface area (Å²) in [5, 5.41) is 6.60. The fourth-order valence-corrected chi connectivity index (χ4v) is 5.39. The quantitative estimate of drug-likeness (QED) is 0.284. The van der Waals surface area contributed by atoms with Gasteiger partial charge in [-0.2, -0.15) is 0 Å². The topological polar surface area (TPSA) is 84.4 Å². The third-order valence-electron chi connectivity index (χ3n) is 6.30. The monoisotopic (exact) mass is 554 g/mol. The Morgan fingerprint density at radius 3 is 2.76 bits per heavy atom. The van der Waals surface area contributed by atoms with Crippen LogP contribution >= 0.6 is 34.5 Å². The zero-order chi connectivity index (χ0) is 26.1. The van der Waals surface area contributed by atoms with Crippen molar-refractivity contribution in [2.45, 2.75) is 32.4 Å².